The SMILES string of the molecule is Cc1ccccc1Nc1nccc(C(=O)N2CCN(c3ccccc3F)CC2)n1. The Morgan fingerprint density at radius 2 is 1.72 bits per heavy atom. The van der Waals surface area contributed by atoms with Gasteiger partial charge in [-0.05, 0) is 36.8 Å². The molecule has 3 aromatic rings. The van der Waals surface area contributed by atoms with E-state index in [-0.39, 0.29) is 11.7 Å². The van der Waals surface area contributed by atoms with Crippen molar-refractivity contribution >= 4 is 23.2 Å². The fraction of sp³-hybridized carbons (Fsp3) is 0.227. The summed E-state index contributed by atoms with van der Waals surface area (Å²) < 4.78 is 14.0. The molecule has 0 spiro atoms. The summed E-state index contributed by atoms with van der Waals surface area (Å²) in [5.41, 5.74) is 2.88. The molecular formula is C22H22FN5O. The molecule has 7 heteroatoms. The largest absolute Gasteiger partial charge is 0.366 e. The Bertz CT molecular complexity index is 1020. The first-order valence-corrected chi connectivity index (χ1v) is 9.56. The van der Waals surface area contributed by atoms with Crippen LogP contribution in [-0.2, 0) is 0 Å². The van der Waals surface area contributed by atoms with Crippen LogP contribution in [0.2, 0.25) is 0 Å². The van der Waals surface area contributed by atoms with Crippen molar-refractivity contribution in [3.8, 4) is 0 Å². The molecule has 4 rings (SSSR count). The normalized spacial score (nSPS) is 14.0. The van der Waals surface area contributed by atoms with Crippen LogP contribution >= 0.6 is 0 Å². The number of piperazine rings is 1. The second-order valence-corrected chi connectivity index (χ2v) is 6.94. The third-order valence-electron chi connectivity index (χ3n) is 5.03. The van der Waals surface area contributed by atoms with Crippen molar-refractivity contribution in [3.63, 3.8) is 0 Å². The van der Waals surface area contributed by atoms with Crippen molar-refractivity contribution in [1.29, 1.82) is 0 Å². The second-order valence-electron chi connectivity index (χ2n) is 6.94. The number of anilines is 3. The molecule has 0 atom stereocenters. The molecule has 1 N–H and O–H groups in total. The minimum atomic E-state index is -0.241. The first-order valence-electron chi connectivity index (χ1n) is 9.56. The minimum absolute atomic E-state index is 0.145. The van der Waals surface area contributed by atoms with Gasteiger partial charge in [0.1, 0.15) is 11.5 Å². The predicted octanol–water partition coefficient (Wildman–Crippen LogP) is 3.63. The number of carbonyl (C=O) groups excluding carboxylic acids is 1. The van der Waals surface area contributed by atoms with Crippen molar-refractivity contribution < 1.29 is 9.18 Å². The maximum atomic E-state index is 14.0. The Morgan fingerprint density at radius 3 is 2.48 bits per heavy atom. The summed E-state index contributed by atoms with van der Waals surface area (Å²) in [6.45, 7) is 4.17. The van der Waals surface area contributed by atoms with Crippen LogP contribution in [0.1, 0.15) is 16.1 Å². The lowest BCUT2D eigenvalue weighted by Crippen LogP contribution is -2.49. The predicted molar refractivity (Wildman–Crippen MR) is 111 cm³/mol. The number of halogens is 1. The quantitative estimate of drug-likeness (QED) is 0.736. The van der Waals surface area contributed by atoms with Gasteiger partial charge in [0.15, 0.2) is 0 Å². The molecule has 0 unspecified atom stereocenters. The average molecular weight is 391 g/mol. The number of hydrogen-bond acceptors (Lipinski definition) is 5. The molecule has 1 amide bonds. The zero-order valence-electron chi connectivity index (χ0n) is 16.2. The van der Waals surface area contributed by atoms with Gasteiger partial charge in [0.2, 0.25) is 5.95 Å². The van der Waals surface area contributed by atoms with E-state index in [0.717, 1.165) is 11.3 Å². The molecular weight excluding hydrogens is 369 g/mol. The Balaban J connectivity index is 1.43. The molecule has 0 aliphatic carbocycles. The lowest BCUT2D eigenvalue weighted by atomic mass is 10.2. The van der Waals surface area contributed by atoms with Gasteiger partial charge >= 0.3 is 0 Å². The summed E-state index contributed by atoms with van der Waals surface area (Å²) in [5, 5.41) is 3.16. The van der Waals surface area contributed by atoms with Crippen LogP contribution in [0.3, 0.4) is 0 Å². The number of nitrogens with one attached hydrogen (secondary N) is 1. The van der Waals surface area contributed by atoms with E-state index in [0.29, 0.717) is 43.5 Å². The van der Waals surface area contributed by atoms with Crippen LogP contribution in [0, 0.1) is 12.7 Å². The van der Waals surface area contributed by atoms with E-state index in [1.54, 1.807) is 29.3 Å². The zero-order chi connectivity index (χ0) is 20.2. The fourth-order valence-corrected chi connectivity index (χ4v) is 3.39. The number of rotatable bonds is 4. The zero-order valence-corrected chi connectivity index (χ0v) is 16.2. The van der Waals surface area contributed by atoms with Crippen LogP contribution in [0.5, 0.6) is 0 Å². The Labute approximate surface area is 169 Å². The number of carbonyl (C=O) groups is 1. The molecule has 2 heterocycles. The second kappa shape index (κ2) is 8.26. The Morgan fingerprint density at radius 1 is 1.00 bits per heavy atom. The molecule has 0 bridgehead atoms. The van der Waals surface area contributed by atoms with Gasteiger partial charge < -0.3 is 15.1 Å². The van der Waals surface area contributed by atoms with Gasteiger partial charge in [-0.1, -0.05) is 30.3 Å². The van der Waals surface area contributed by atoms with Gasteiger partial charge in [-0.15, -0.1) is 0 Å². The third-order valence-corrected chi connectivity index (χ3v) is 5.03. The van der Waals surface area contributed by atoms with Gasteiger partial charge in [0.25, 0.3) is 5.91 Å². The summed E-state index contributed by atoms with van der Waals surface area (Å²) in [7, 11) is 0. The monoisotopic (exact) mass is 391 g/mol. The lowest BCUT2D eigenvalue weighted by molar-refractivity contribution is 0.0740. The first-order chi connectivity index (χ1) is 14.1. The standard InChI is InChI=1S/C22H22FN5O/c1-16-6-2-4-8-18(16)25-22-24-11-10-19(26-22)21(29)28-14-12-27(13-15-28)20-9-5-3-7-17(20)23/h2-11H,12-15H2,1H3,(H,24,25,26). The number of nitrogens with zero attached hydrogens (tertiary/aromatic N) is 4. The highest BCUT2D eigenvalue weighted by Crippen LogP contribution is 2.21. The van der Waals surface area contributed by atoms with E-state index in [1.165, 1.54) is 6.07 Å². The Kier molecular flexibility index (Phi) is 5.37. The van der Waals surface area contributed by atoms with Gasteiger partial charge in [-0.2, -0.15) is 0 Å². The number of amides is 1. The highest BCUT2D eigenvalue weighted by molar-refractivity contribution is 5.92. The minimum Gasteiger partial charge on any atom is -0.366 e. The summed E-state index contributed by atoms with van der Waals surface area (Å²) in [6, 6.07) is 16.2. The van der Waals surface area contributed by atoms with Crippen molar-refractivity contribution in [3.05, 3.63) is 77.9 Å². The van der Waals surface area contributed by atoms with Crippen LogP contribution < -0.4 is 10.2 Å². The molecule has 1 aromatic heterocycles. The highest BCUT2D eigenvalue weighted by Gasteiger charge is 2.24. The third kappa shape index (κ3) is 4.18. The molecule has 1 fully saturated rings. The van der Waals surface area contributed by atoms with Gasteiger partial charge in [-0.25, -0.2) is 14.4 Å². The molecule has 1 saturated heterocycles. The molecule has 0 radical (unpaired) electrons. The summed E-state index contributed by atoms with van der Waals surface area (Å²) in [6.07, 6.45) is 1.58. The van der Waals surface area contributed by atoms with Crippen molar-refractivity contribution in [1.82, 2.24) is 14.9 Å². The van der Waals surface area contributed by atoms with E-state index >= 15 is 0 Å². The van der Waals surface area contributed by atoms with Gasteiger partial charge in [-0.3, -0.25) is 4.79 Å². The van der Waals surface area contributed by atoms with Crippen LogP contribution in [0.25, 0.3) is 0 Å². The van der Waals surface area contributed by atoms with Crippen LogP contribution in [0.15, 0.2) is 60.8 Å². The van der Waals surface area contributed by atoms with E-state index in [2.05, 4.69) is 15.3 Å². The average Bonchev–Trinajstić information content (AvgIpc) is 2.76. The Hall–Kier alpha value is -3.48. The van der Waals surface area contributed by atoms with E-state index in [1.807, 2.05) is 42.2 Å². The molecule has 1 aliphatic heterocycles. The molecule has 29 heavy (non-hydrogen) atoms. The van der Waals surface area contributed by atoms with Gasteiger partial charge in [0, 0.05) is 38.1 Å². The summed E-state index contributed by atoms with van der Waals surface area (Å²) >= 11 is 0. The summed E-state index contributed by atoms with van der Waals surface area (Å²) in [4.78, 5) is 25.2. The maximum Gasteiger partial charge on any atom is 0.272 e. The number of benzene rings is 2. The van der Waals surface area contributed by atoms with Crippen molar-refractivity contribution in [2.75, 3.05) is 36.4 Å². The number of aromatic nitrogens is 2. The smallest absolute Gasteiger partial charge is 0.272 e. The molecule has 0 saturated carbocycles. The lowest BCUT2D eigenvalue weighted by Gasteiger charge is -2.36. The molecule has 2 aromatic carbocycles. The van der Waals surface area contributed by atoms with Crippen LogP contribution in [-0.4, -0.2) is 47.0 Å². The number of para-hydroxylation sites is 2. The van der Waals surface area contributed by atoms with Crippen molar-refractivity contribution in [2.24, 2.45) is 0 Å². The number of aryl methyl sites for hydroxylation is 1. The van der Waals surface area contributed by atoms with E-state index in [9.17, 15) is 9.18 Å². The van der Waals surface area contributed by atoms with E-state index in [4.69, 9.17) is 0 Å². The molecule has 148 valence electrons. The molecule has 6 nitrogen and oxygen atoms in total. The topological polar surface area (TPSA) is 61.4 Å². The number of hydrogen-bond donors (Lipinski definition) is 1. The highest BCUT2D eigenvalue weighted by atomic mass is 19.1. The van der Waals surface area contributed by atoms with Gasteiger partial charge in [0.05, 0.1) is 5.69 Å². The van der Waals surface area contributed by atoms with E-state index < -0.39 is 0 Å². The molecule has 1 aliphatic rings. The fourth-order valence-electron chi connectivity index (χ4n) is 3.39. The maximum absolute atomic E-state index is 14.0. The summed E-state index contributed by atoms with van der Waals surface area (Å²) in [5.74, 6) is -0.00133. The first kappa shape index (κ1) is 18.9. The van der Waals surface area contributed by atoms with Crippen LogP contribution in [0.4, 0.5) is 21.7 Å². The van der Waals surface area contributed by atoms with Crippen molar-refractivity contribution in [2.45, 2.75) is 6.92 Å².